The monoisotopic (exact) mass is 834 g/mol. The number of hydrogen-bond acceptors (Lipinski definition) is 8. The summed E-state index contributed by atoms with van der Waals surface area (Å²) in [6, 6.07) is 15.5. The molecule has 0 aromatic heterocycles. The highest BCUT2D eigenvalue weighted by molar-refractivity contribution is 6.74. The second kappa shape index (κ2) is 18.0. The van der Waals surface area contributed by atoms with Crippen molar-refractivity contribution in [1.29, 1.82) is 0 Å². The average molecular weight is 835 g/mol. The molecule has 0 aliphatic heterocycles. The standard InChI is InChI=1S/C48H74O8Si2/c1-32-26-39-43(56-58(16,17)46(7,8)9)34(3)29-48(39,54-31-36-20-24-38(52-13)25-21-36)44(50)33(2)27-42(53-30-35-18-22-37(51-12)23-19-35)47(10,11)41(49)28-40(32)55-57(14,15)45(4,5)6/h18-27,34,39-40,42-43H,28-31H2,1-17H3/b32-26+,33-27+/t34-,39-,40?,42-,43+,48+/m0/s1. The lowest BCUT2D eigenvalue weighted by molar-refractivity contribution is -0.148. The van der Waals surface area contributed by atoms with E-state index in [0.29, 0.717) is 12.0 Å². The molecule has 2 aliphatic rings. The van der Waals surface area contributed by atoms with Crippen LogP contribution in [0.5, 0.6) is 11.5 Å². The summed E-state index contributed by atoms with van der Waals surface area (Å²) in [4.78, 5) is 30.4. The minimum atomic E-state index is -2.40. The first-order chi connectivity index (χ1) is 26.7. The number of rotatable bonds is 12. The molecule has 0 amide bonds. The lowest BCUT2D eigenvalue weighted by Crippen LogP contribution is -2.51. The van der Waals surface area contributed by atoms with Crippen molar-refractivity contribution in [2.45, 2.75) is 162 Å². The van der Waals surface area contributed by atoms with E-state index in [1.807, 2.05) is 75.4 Å². The lowest BCUT2D eigenvalue weighted by atomic mass is 9.75. The van der Waals surface area contributed by atoms with E-state index in [9.17, 15) is 4.79 Å². The Hall–Kier alpha value is -2.87. The molecule has 0 saturated heterocycles. The fourth-order valence-electron chi connectivity index (χ4n) is 7.50. The molecule has 0 radical (unpaired) electrons. The summed E-state index contributed by atoms with van der Waals surface area (Å²) in [5.41, 5.74) is 1.00. The van der Waals surface area contributed by atoms with Gasteiger partial charge in [-0.15, -0.1) is 0 Å². The molecule has 2 aromatic rings. The van der Waals surface area contributed by atoms with Gasteiger partial charge in [-0.1, -0.05) is 92.7 Å². The zero-order chi connectivity index (χ0) is 43.6. The first kappa shape index (κ1) is 47.8. The SMILES string of the molecule is COc1ccc(CO[C@H]2/C=C(\C)C(=O)[C@@]3(OCc4ccc(OC)cc4)C[C@H](C)[C@@H](O[Si](C)(C)C(C)(C)C)[C@@H]3/C=C(\C)C(O[Si](C)(C)C(C)(C)C)CC(=O)C2(C)C)cc1. The fraction of sp³-hybridized carbons (Fsp3) is 0.625. The maximum absolute atomic E-state index is 15.6. The van der Waals surface area contributed by atoms with Gasteiger partial charge in [0.25, 0.3) is 0 Å². The van der Waals surface area contributed by atoms with E-state index >= 15 is 4.79 Å². The number of ketones is 2. The number of Topliss-reactive ketones (excluding diaryl/α,β-unsaturated/α-hetero) is 2. The van der Waals surface area contributed by atoms with Gasteiger partial charge < -0.3 is 27.8 Å². The van der Waals surface area contributed by atoms with Crippen LogP contribution in [0, 0.1) is 17.3 Å². The van der Waals surface area contributed by atoms with Gasteiger partial charge >= 0.3 is 0 Å². The van der Waals surface area contributed by atoms with Crippen molar-refractivity contribution in [3.05, 3.63) is 83.0 Å². The van der Waals surface area contributed by atoms with Gasteiger partial charge in [-0.25, -0.2) is 0 Å². The Bertz CT molecular complexity index is 1800. The van der Waals surface area contributed by atoms with Crippen molar-refractivity contribution in [3.8, 4) is 11.5 Å². The van der Waals surface area contributed by atoms with Crippen molar-refractivity contribution >= 4 is 28.2 Å². The van der Waals surface area contributed by atoms with Crippen LogP contribution in [-0.4, -0.2) is 66.3 Å². The molecule has 6 atom stereocenters. The van der Waals surface area contributed by atoms with Crippen molar-refractivity contribution in [2.24, 2.45) is 17.3 Å². The smallest absolute Gasteiger partial charge is 0.192 e. The summed E-state index contributed by atoms with van der Waals surface area (Å²) in [7, 11) is -1.47. The highest BCUT2D eigenvalue weighted by atomic mass is 28.4. The van der Waals surface area contributed by atoms with Crippen LogP contribution in [0.3, 0.4) is 0 Å². The normalized spacial score (nSPS) is 28.1. The molecule has 0 spiro atoms. The van der Waals surface area contributed by atoms with Crippen molar-refractivity contribution < 1.29 is 37.4 Å². The van der Waals surface area contributed by atoms with Crippen LogP contribution in [0.25, 0.3) is 0 Å². The van der Waals surface area contributed by atoms with Crippen molar-refractivity contribution in [3.63, 3.8) is 0 Å². The van der Waals surface area contributed by atoms with Gasteiger partial charge in [-0.05, 0) is 115 Å². The predicted octanol–water partition coefficient (Wildman–Crippen LogP) is 11.4. The Balaban J connectivity index is 1.97. The van der Waals surface area contributed by atoms with Crippen LogP contribution in [0.15, 0.2) is 71.8 Å². The molecule has 0 heterocycles. The largest absolute Gasteiger partial charge is 0.497 e. The minimum Gasteiger partial charge on any atom is -0.497 e. The lowest BCUT2D eigenvalue weighted by Gasteiger charge is -2.43. The molecular formula is C48H74O8Si2. The number of ether oxygens (including phenoxy) is 4. The predicted molar refractivity (Wildman–Crippen MR) is 239 cm³/mol. The summed E-state index contributed by atoms with van der Waals surface area (Å²) >= 11 is 0. The molecule has 10 heteroatoms. The summed E-state index contributed by atoms with van der Waals surface area (Å²) in [6.07, 6.45) is 3.15. The van der Waals surface area contributed by atoms with Gasteiger partial charge in [0.15, 0.2) is 22.4 Å². The van der Waals surface area contributed by atoms with E-state index in [1.165, 1.54) is 0 Å². The van der Waals surface area contributed by atoms with Crippen molar-refractivity contribution in [2.75, 3.05) is 14.2 Å². The quantitative estimate of drug-likeness (QED) is 0.154. The summed E-state index contributed by atoms with van der Waals surface area (Å²) in [6.45, 7) is 32.8. The van der Waals surface area contributed by atoms with Gasteiger partial charge in [-0.2, -0.15) is 0 Å². The number of carbonyl (C=O) groups excluding carboxylic acids is 2. The van der Waals surface area contributed by atoms with Gasteiger partial charge in [0.2, 0.25) is 0 Å². The summed E-state index contributed by atoms with van der Waals surface area (Å²) in [5, 5.41) is -0.164. The Morgan fingerprint density at radius 3 is 1.69 bits per heavy atom. The minimum absolute atomic E-state index is 0.0108. The van der Waals surface area contributed by atoms with Crippen LogP contribution < -0.4 is 9.47 Å². The van der Waals surface area contributed by atoms with Crippen LogP contribution in [-0.2, 0) is 41.1 Å². The fourth-order valence-corrected chi connectivity index (χ4v) is 10.2. The molecular weight excluding hydrogens is 761 g/mol. The van der Waals surface area contributed by atoms with Crippen LogP contribution in [0.2, 0.25) is 36.3 Å². The molecule has 0 N–H and O–H groups in total. The number of methoxy groups -OCH3 is 2. The zero-order valence-corrected chi connectivity index (χ0v) is 40.8. The van der Waals surface area contributed by atoms with Gasteiger partial charge in [0.05, 0.1) is 51.2 Å². The van der Waals surface area contributed by atoms with E-state index in [2.05, 4.69) is 87.7 Å². The third-order valence-electron chi connectivity index (χ3n) is 13.7. The highest BCUT2D eigenvalue weighted by Crippen LogP contribution is 2.51. The number of hydrogen-bond donors (Lipinski definition) is 0. The van der Waals surface area contributed by atoms with E-state index in [0.717, 1.165) is 28.2 Å². The molecule has 0 bridgehead atoms. The number of carbonyl (C=O) groups is 2. The first-order valence-electron chi connectivity index (χ1n) is 21.0. The number of benzene rings is 2. The van der Waals surface area contributed by atoms with Gasteiger partial charge in [0.1, 0.15) is 22.9 Å². The van der Waals surface area contributed by atoms with Crippen molar-refractivity contribution in [1.82, 2.24) is 0 Å². The third kappa shape index (κ3) is 10.5. The Morgan fingerprint density at radius 2 is 1.21 bits per heavy atom. The average Bonchev–Trinajstić information content (AvgIpc) is 3.39. The van der Waals surface area contributed by atoms with Crippen LogP contribution in [0.4, 0.5) is 0 Å². The van der Waals surface area contributed by atoms with E-state index in [1.54, 1.807) is 14.2 Å². The van der Waals surface area contributed by atoms with E-state index in [4.69, 9.17) is 27.8 Å². The van der Waals surface area contributed by atoms with E-state index < -0.39 is 45.8 Å². The molecule has 58 heavy (non-hydrogen) atoms. The highest BCUT2D eigenvalue weighted by Gasteiger charge is 2.59. The van der Waals surface area contributed by atoms with E-state index in [-0.39, 0.29) is 53.3 Å². The second-order valence-electron chi connectivity index (χ2n) is 20.5. The molecule has 4 rings (SSSR count). The topological polar surface area (TPSA) is 89.5 Å². The maximum Gasteiger partial charge on any atom is 0.192 e. The molecule has 1 saturated carbocycles. The Morgan fingerprint density at radius 1 is 0.724 bits per heavy atom. The Kier molecular flexibility index (Phi) is 14.8. The second-order valence-corrected chi connectivity index (χ2v) is 30.0. The first-order valence-corrected chi connectivity index (χ1v) is 26.8. The molecule has 322 valence electrons. The zero-order valence-electron chi connectivity index (χ0n) is 38.8. The molecule has 8 nitrogen and oxygen atoms in total. The molecule has 2 aliphatic carbocycles. The van der Waals surface area contributed by atoms with Gasteiger partial charge in [-0.3, -0.25) is 9.59 Å². The molecule has 1 unspecified atom stereocenters. The van der Waals surface area contributed by atoms with Gasteiger partial charge in [0, 0.05) is 12.3 Å². The van der Waals surface area contributed by atoms with Crippen LogP contribution in [0.1, 0.15) is 100 Å². The number of fused-ring (bicyclic) bond motifs is 1. The molecule has 2 aromatic carbocycles. The maximum atomic E-state index is 15.6. The summed E-state index contributed by atoms with van der Waals surface area (Å²) < 4.78 is 39.3. The Labute approximate surface area is 352 Å². The molecule has 1 fully saturated rings. The van der Waals surface area contributed by atoms with Crippen LogP contribution >= 0.6 is 0 Å². The third-order valence-corrected chi connectivity index (χ3v) is 22.7. The summed E-state index contributed by atoms with van der Waals surface area (Å²) in [5.74, 6) is 0.919.